The minimum Gasteiger partial charge on any atom is -0.468 e. The van der Waals surface area contributed by atoms with Gasteiger partial charge in [-0.2, -0.15) is 0 Å². The highest BCUT2D eigenvalue weighted by atomic mass is 16.3. The van der Waals surface area contributed by atoms with Gasteiger partial charge in [-0.15, -0.1) is 0 Å². The van der Waals surface area contributed by atoms with E-state index in [1.807, 2.05) is 36.4 Å². The number of hydrogen-bond acceptors (Lipinski definition) is 4. The Kier molecular flexibility index (Phi) is 6.77. The van der Waals surface area contributed by atoms with Crippen molar-refractivity contribution in [3.63, 3.8) is 0 Å². The predicted molar refractivity (Wildman–Crippen MR) is 96.0 cm³/mol. The average Bonchev–Trinajstić information content (AvgIpc) is 3.12. The van der Waals surface area contributed by atoms with Gasteiger partial charge in [0, 0.05) is 46.2 Å². The van der Waals surface area contributed by atoms with Gasteiger partial charge in [0.25, 0.3) is 5.91 Å². The van der Waals surface area contributed by atoms with Crippen LogP contribution < -0.4 is 5.32 Å². The zero-order chi connectivity index (χ0) is 18.2. The Morgan fingerprint density at radius 1 is 1.08 bits per heavy atom. The second-order valence-electron chi connectivity index (χ2n) is 6.10. The maximum absolute atomic E-state index is 11.9. The first-order valence-electron chi connectivity index (χ1n) is 8.25. The number of rotatable bonds is 8. The van der Waals surface area contributed by atoms with Crippen LogP contribution in [0, 0.1) is 0 Å². The van der Waals surface area contributed by atoms with Gasteiger partial charge < -0.3 is 14.6 Å². The summed E-state index contributed by atoms with van der Waals surface area (Å²) < 4.78 is 5.43. The number of hydrogen-bond donors (Lipinski definition) is 1. The molecule has 1 aromatic carbocycles. The molecule has 0 spiro atoms. The van der Waals surface area contributed by atoms with Crippen LogP contribution in [0.5, 0.6) is 0 Å². The van der Waals surface area contributed by atoms with Gasteiger partial charge in [0.05, 0.1) is 12.8 Å². The number of carbonyl (C=O) groups excluding carboxylic acids is 2. The Labute approximate surface area is 148 Å². The quantitative estimate of drug-likeness (QED) is 0.797. The van der Waals surface area contributed by atoms with E-state index in [1.165, 1.54) is 0 Å². The molecule has 0 fully saturated rings. The standard InChI is InChI=1S/C19H25N3O3/c1-20-19(24)16-8-6-15(7-9-16)13-22(11-10-18(23)21(2)3)14-17-5-4-12-25-17/h4-9,12H,10-11,13-14H2,1-3H3,(H,20,24). The zero-order valence-corrected chi connectivity index (χ0v) is 15.0. The van der Waals surface area contributed by atoms with Crippen molar-refractivity contribution in [3.05, 3.63) is 59.5 Å². The number of nitrogens with zero attached hydrogens (tertiary/aromatic N) is 2. The Balaban J connectivity index is 2.03. The Hall–Kier alpha value is -2.60. The maximum atomic E-state index is 11.9. The topological polar surface area (TPSA) is 65.8 Å². The second-order valence-corrected chi connectivity index (χ2v) is 6.10. The second kappa shape index (κ2) is 9.03. The van der Waals surface area contributed by atoms with Crippen LogP contribution in [0.15, 0.2) is 47.1 Å². The fourth-order valence-corrected chi connectivity index (χ4v) is 2.48. The lowest BCUT2D eigenvalue weighted by atomic mass is 10.1. The summed E-state index contributed by atoms with van der Waals surface area (Å²) in [4.78, 5) is 27.3. The summed E-state index contributed by atoms with van der Waals surface area (Å²) in [7, 11) is 5.14. The van der Waals surface area contributed by atoms with E-state index in [9.17, 15) is 9.59 Å². The van der Waals surface area contributed by atoms with Crippen LogP contribution in [0.25, 0.3) is 0 Å². The molecular formula is C19H25N3O3. The lowest BCUT2D eigenvalue weighted by molar-refractivity contribution is -0.129. The molecule has 1 aromatic heterocycles. The lowest BCUT2D eigenvalue weighted by Gasteiger charge is -2.22. The van der Waals surface area contributed by atoms with Crippen LogP contribution in [0.4, 0.5) is 0 Å². The lowest BCUT2D eigenvalue weighted by Crippen LogP contribution is -2.30. The molecule has 2 aromatic rings. The summed E-state index contributed by atoms with van der Waals surface area (Å²) in [6, 6.07) is 11.3. The Morgan fingerprint density at radius 3 is 2.36 bits per heavy atom. The van der Waals surface area contributed by atoms with Gasteiger partial charge in [0.15, 0.2) is 0 Å². The van der Waals surface area contributed by atoms with Gasteiger partial charge >= 0.3 is 0 Å². The molecule has 0 aliphatic carbocycles. The van der Waals surface area contributed by atoms with Crippen molar-refractivity contribution >= 4 is 11.8 Å². The van der Waals surface area contributed by atoms with Crippen molar-refractivity contribution in [2.24, 2.45) is 0 Å². The third-order valence-corrected chi connectivity index (χ3v) is 3.95. The molecule has 0 aliphatic heterocycles. The molecule has 2 amide bonds. The molecule has 0 radical (unpaired) electrons. The molecule has 0 saturated carbocycles. The molecule has 6 heteroatoms. The van der Waals surface area contributed by atoms with E-state index in [4.69, 9.17) is 4.42 Å². The fourth-order valence-electron chi connectivity index (χ4n) is 2.48. The summed E-state index contributed by atoms with van der Waals surface area (Å²) in [6.45, 7) is 1.94. The normalized spacial score (nSPS) is 10.7. The van der Waals surface area contributed by atoms with Crippen LogP contribution in [0.2, 0.25) is 0 Å². The summed E-state index contributed by atoms with van der Waals surface area (Å²) in [5.74, 6) is 0.856. The first-order valence-corrected chi connectivity index (χ1v) is 8.25. The van der Waals surface area contributed by atoms with E-state index >= 15 is 0 Å². The van der Waals surface area contributed by atoms with Gasteiger partial charge in [-0.1, -0.05) is 12.1 Å². The van der Waals surface area contributed by atoms with E-state index in [0.29, 0.717) is 31.6 Å². The Morgan fingerprint density at radius 2 is 1.80 bits per heavy atom. The van der Waals surface area contributed by atoms with Gasteiger partial charge in [-0.3, -0.25) is 14.5 Å². The summed E-state index contributed by atoms with van der Waals surface area (Å²) in [6.07, 6.45) is 2.10. The van der Waals surface area contributed by atoms with Crippen molar-refractivity contribution in [1.82, 2.24) is 15.1 Å². The molecule has 0 atom stereocenters. The smallest absolute Gasteiger partial charge is 0.251 e. The molecule has 0 aliphatic rings. The highest BCUT2D eigenvalue weighted by molar-refractivity contribution is 5.93. The van der Waals surface area contributed by atoms with Crippen molar-refractivity contribution < 1.29 is 14.0 Å². The van der Waals surface area contributed by atoms with E-state index in [2.05, 4.69) is 10.2 Å². The molecule has 1 N–H and O–H groups in total. The van der Waals surface area contributed by atoms with Crippen molar-refractivity contribution in [2.75, 3.05) is 27.7 Å². The minimum atomic E-state index is -0.101. The minimum absolute atomic E-state index is 0.0967. The SMILES string of the molecule is CNC(=O)c1ccc(CN(CCC(=O)N(C)C)Cc2ccco2)cc1. The van der Waals surface area contributed by atoms with Crippen LogP contribution in [-0.2, 0) is 17.9 Å². The van der Waals surface area contributed by atoms with E-state index in [1.54, 1.807) is 32.3 Å². The van der Waals surface area contributed by atoms with Crippen LogP contribution in [0.3, 0.4) is 0 Å². The van der Waals surface area contributed by atoms with Gasteiger partial charge in [0.2, 0.25) is 5.91 Å². The van der Waals surface area contributed by atoms with E-state index < -0.39 is 0 Å². The maximum Gasteiger partial charge on any atom is 0.251 e. The number of nitrogens with one attached hydrogen (secondary N) is 1. The summed E-state index contributed by atoms with van der Waals surface area (Å²) >= 11 is 0. The third-order valence-electron chi connectivity index (χ3n) is 3.95. The van der Waals surface area contributed by atoms with Crippen molar-refractivity contribution in [3.8, 4) is 0 Å². The zero-order valence-electron chi connectivity index (χ0n) is 15.0. The number of carbonyl (C=O) groups is 2. The number of benzene rings is 1. The van der Waals surface area contributed by atoms with Gasteiger partial charge in [-0.05, 0) is 29.8 Å². The largest absolute Gasteiger partial charge is 0.468 e. The van der Waals surface area contributed by atoms with Crippen LogP contribution in [0.1, 0.15) is 28.1 Å². The first-order chi connectivity index (χ1) is 12.0. The number of furan rings is 1. The number of amides is 2. The molecule has 0 saturated heterocycles. The molecule has 2 rings (SSSR count). The highest BCUT2D eigenvalue weighted by Crippen LogP contribution is 2.12. The molecule has 6 nitrogen and oxygen atoms in total. The van der Waals surface area contributed by atoms with E-state index in [-0.39, 0.29) is 11.8 Å². The fraction of sp³-hybridized carbons (Fsp3) is 0.368. The third kappa shape index (κ3) is 5.76. The van der Waals surface area contributed by atoms with Gasteiger partial charge in [-0.25, -0.2) is 0 Å². The van der Waals surface area contributed by atoms with E-state index in [0.717, 1.165) is 11.3 Å². The molecule has 25 heavy (non-hydrogen) atoms. The molecule has 1 heterocycles. The van der Waals surface area contributed by atoms with Gasteiger partial charge in [0.1, 0.15) is 5.76 Å². The molecular weight excluding hydrogens is 318 g/mol. The molecule has 0 unspecified atom stereocenters. The highest BCUT2D eigenvalue weighted by Gasteiger charge is 2.13. The van der Waals surface area contributed by atoms with Crippen LogP contribution >= 0.6 is 0 Å². The summed E-state index contributed by atoms with van der Waals surface area (Å²) in [5.41, 5.74) is 1.71. The predicted octanol–water partition coefficient (Wildman–Crippen LogP) is 2.12. The Bertz CT molecular complexity index is 678. The monoisotopic (exact) mass is 343 g/mol. The molecule has 134 valence electrons. The average molecular weight is 343 g/mol. The van der Waals surface area contributed by atoms with Crippen molar-refractivity contribution in [2.45, 2.75) is 19.5 Å². The van der Waals surface area contributed by atoms with Crippen LogP contribution in [-0.4, -0.2) is 49.3 Å². The first kappa shape index (κ1) is 18.7. The van der Waals surface area contributed by atoms with Crippen molar-refractivity contribution in [1.29, 1.82) is 0 Å². The molecule has 0 bridgehead atoms. The summed E-state index contributed by atoms with van der Waals surface area (Å²) in [5, 5.41) is 2.61.